The van der Waals surface area contributed by atoms with Gasteiger partial charge in [-0.25, -0.2) is 0 Å². The number of nitrogens with zero attached hydrogens (tertiary/aromatic N) is 1. The maximum atomic E-state index is 12.5. The van der Waals surface area contributed by atoms with Crippen LogP contribution in [0, 0.1) is 6.92 Å². The van der Waals surface area contributed by atoms with Crippen LogP contribution in [0.5, 0.6) is 0 Å². The minimum Gasteiger partial charge on any atom is -0.379 e. The first-order chi connectivity index (χ1) is 11.7. The standard InChI is InChI=1S/C18H24N2O2S2/c1-3-15-13(2)11-17(24-15)18(21)19-12-14(16-5-4-10-23-16)20-6-8-22-9-7-20/h4-5,10-11,14H,3,6-9,12H2,1-2H3,(H,19,21)/t14-/m1/s1. The number of amides is 1. The third-order valence-corrected chi connectivity index (χ3v) is 6.73. The molecule has 2 aromatic rings. The van der Waals surface area contributed by atoms with Crippen molar-refractivity contribution in [2.75, 3.05) is 32.8 Å². The highest BCUT2D eigenvalue weighted by atomic mass is 32.1. The lowest BCUT2D eigenvalue weighted by Gasteiger charge is -2.34. The molecule has 1 fully saturated rings. The van der Waals surface area contributed by atoms with E-state index in [1.54, 1.807) is 22.7 Å². The number of morpholine rings is 1. The topological polar surface area (TPSA) is 41.6 Å². The van der Waals surface area contributed by atoms with Crippen LogP contribution in [0.1, 0.15) is 38.0 Å². The van der Waals surface area contributed by atoms with Gasteiger partial charge in [-0.05, 0) is 36.4 Å². The Morgan fingerprint density at radius 3 is 2.83 bits per heavy atom. The van der Waals surface area contributed by atoms with E-state index in [1.165, 1.54) is 15.3 Å². The fraction of sp³-hybridized carbons (Fsp3) is 0.500. The minimum atomic E-state index is 0.0395. The second-order valence-electron chi connectivity index (χ2n) is 5.96. The zero-order chi connectivity index (χ0) is 16.9. The number of aryl methyl sites for hydroxylation is 2. The second kappa shape index (κ2) is 8.25. The van der Waals surface area contributed by atoms with E-state index in [9.17, 15) is 4.79 Å². The van der Waals surface area contributed by atoms with Gasteiger partial charge < -0.3 is 10.1 Å². The number of ether oxygens (including phenoxy) is 1. The van der Waals surface area contributed by atoms with Gasteiger partial charge in [0, 0.05) is 29.4 Å². The van der Waals surface area contributed by atoms with Gasteiger partial charge in [-0.3, -0.25) is 9.69 Å². The third-order valence-electron chi connectivity index (χ3n) is 4.38. The average molecular weight is 365 g/mol. The Morgan fingerprint density at radius 2 is 2.21 bits per heavy atom. The van der Waals surface area contributed by atoms with Crippen LogP contribution in [0.3, 0.4) is 0 Å². The second-order valence-corrected chi connectivity index (χ2v) is 8.08. The highest BCUT2D eigenvalue weighted by Crippen LogP contribution is 2.26. The van der Waals surface area contributed by atoms with Gasteiger partial charge in [0.15, 0.2) is 0 Å². The smallest absolute Gasteiger partial charge is 0.261 e. The van der Waals surface area contributed by atoms with Crippen molar-refractivity contribution < 1.29 is 9.53 Å². The van der Waals surface area contributed by atoms with Gasteiger partial charge >= 0.3 is 0 Å². The molecule has 2 aromatic heterocycles. The number of hydrogen-bond acceptors (Lipinski definition) is 5. The molecule has 4 nitrogen and oxygen atoms in total. The van der Waals surface area contributed by atoms with E-state index >= 15 is 0 Å². The van der Waals surface area contributed by atoms with Crippen molar-refractivity contribution in [1.82, 2.24) is 10.2 Å². The van der Waals surface area contributed by atoms with E-state index in [0.29, 0.717) is 6.54 Å². The molecule has 0 aromatic carbocycles. The quantitative estimate of drug-likeness (QED) is 0.853. The number of thiophene rings is 2. The molecule has 130 valence electrons. The number of hydrogen-bond donors (Lipinski definition) is 1. The van der Waals surface area contributed by atoms with Gasteiger partial charge in [0.1, 0.15) is 0 Å². The molecule has 0 aliphatic carbocycles. The molecule has 0 unspecified atom stereocenters. The Kier molecular flexibility index (Phi) is 6.05. The third kappa shape index (κ3) is 4.06. The molecular formula is C18H24N2O2S2. The first-order valence-electron chi connectivity index (χ1n) is 8.41. The molecule has 0 spiro atoms. The predicted molar refractivity (Wildman–Crippen MR) is 100 cm³/mol. The van der Waals surface area contributed by atoms with E-state index in [1.807, 2.05) is 6.07 Å². The Morgan fingerprint density at radius 1 is 1.42 bits per heavy atom. The SMILES string of the molecule is CCc1sc(C(=O)NC[C@H](c2cccs2)N2CCOCC2)cc1C. The molecule has 24 heavy (non-hydrogen) atoms. The molecule has 1 amide bonds. The Bertz CT molecular complexity index is 661. The van der Waals surface area contributed by atoms with Crippen molar-refractivity contribution in [3.05, 3.63) is 43.8 Å². The highest BCUT2D eigenvalue weighted by Gasteiger charge is 2.24. The molecule has 1 aliphatic rings. The average Bonchev–Trinajstić information content (AvgIpc) is 3.25. The first kappa shape index (κ1) is 17.6. The summed E-state index contributed by atoms with van der Waals surface area (Å²) in [5, 5.41) is 5.24. The molecule has 0 bridgehead atoms. The summed E-state index contributed by atoms with van der Waals surface area (Å²) in [5.41, 5.74) is 1.22. The number of carbonyl (C=O) groups is 1. The first-order valence-corrected chi connectivity index (χ1v) is 10.1. The molecule has 1 atom stereocenters. The highest BCUT2D eigenvalue weighted by molar-refractivity contribution is 7.14. The normalized spacial score (nSPS) is 16.9. The fourth-order valence-electron chi connectivity index (χ4n) is 3.04. The number of carbonyl (C=O) groups excluding carboxylic acids is 1. The molecule has 1 saturated heterocycles. The van der Waals surface area contributed by atoms with Crippen molar-refractivity contribution in [2.24, 2.45) is 0 Å². The number of nitrogens with one attached hydrogen (secondary N) is 1. The van der Waals surface area contributed by atoms with Crippen molar-refractivity contribution in [3.8, 4) is 0 Å². The maximum absolute atomic E-state index is 12.5. The van der Waals surface area contributed by atoms with E-state index in [2.05, 4.69) is 41.6 Å². The van der Waals surface area contributed by atoms with Gasteiger partial charge in [-0.15, -0.1) is 22.7 Å². The van der Waals surface area contributed by atoms with Gasteiger partial charge in [0.05, 0.1) is 24.1 Å². The Balaban J connectivity index is 1.67. The summed E-state index contributed by atoms with van der Waals surface area (Å²) in [5.74, 6) is 0.0395. The van der Waals surface area contributed by atoms with Crippen LogP contribution in [-0.2, 0) is 11.2 Å². The summed E-state index contributed by atoms with van der Waals surface area (Å²) in [6.45, 7) is 8.20. The van der Waals surface area contributed by atoms with Crippen LogP contribution >= 0.6 is 22.7 Å². The van der Waals surface area contributed by atoms with E-state index < -0.39 is 0 Å². The molecular weight excluding hydrogens is 340 g/mol. The summed E-state index contributed by atoms with van der Waals surface area (Å²) in [6, 6.07) is 6.46. The summed E-state index contributed by atoms with van der Waals surface area (Å²) in [7, 11) is 0. The molecule has 6 heteroatoms. The Hall–Kier alpha value is -1.21. The van der Waals surface area contributed by atoms with Crippen LogP contribution < -0.4 is 5.32 Å². The van der Waals surface area contributed by atoms with Crippen LogP contribution in [0.4, 0.5) is 0 Å². The van der Waals surface area contributed by atoms with Crippen LogP contribution in [-0.4, -0.2) is 43.7 Å². The minimum absolute atomic E-state index is 0.0395. The largest absolute Gasteiger partial charge is 0.379 e. The lowest BCUT2D eigenvalue weighted by molar-refractivity contribution is 0.0169. The van der Waals surface area contributed by atoms with E-state index in [-0.39, 0.29) is 11.9 Å². The number of rotatable bonds is 6. The summed E-state index contributed by atoms with van der Waals surface area (Å²) in [4.78, 5) is 18.4. The molecule has 1 N–H and O–H groups in total. The molecule has 0 radical (unpaired) electrons. The summed E-state index contributed by atoms with van der Waals surface area (Å²) >= 11 is 3.36. The monoisotopic (exact) mass is 364 g/mol. The van der Waals surface area contributed by atoms with Crippen molar-refractivity contribution in [1.29, 1.82) is 0 Å². The zero-order valence-electron chi connectivity index (χ0n) is 14.2. The summed E-state index contributed by atoms with van der Waals surface area (Å²) in [6.07, 6.45) is 0.982. The zero-order valence-corrected chi connectivity index (χ0v) is 15.8. The molecule has 1 aliphatic heterocycles. The van der Waals surface area contributed by atoms with Gasteiger partial charge in [-0.2, -0.15) is 0 Å². The van der Waals surface area contributed by atoms with Gasteiger partial charge in [0.2, 0.25) is 0 Å². The fourth-order valence-corrected chi connectivity index (χ4v) is 4.93. The van der Waals surface area contributed by atoms with Crippen LogP contribution in [0.25, 0.3) is 0 Å². The van der Waals surface area contributed by atoms with Gasteiger partial charge in [-0.1, -0.05) is 13.0 Å². The van der Waals surface area contributed by atoms with E-state index in [0.717, 1.165) is 37.6 Å². The lowest BCUT2D eigenvalue weighted by Crippen LogP contribution is -2.43. The van der Waals surface area contributed by atoms with Crippen molar-refractivity contribution >= 4 is 28.6 Å². The molecule has 3 rings (SSSR count). The van der Waals surface area contributed by atoms with Gasteiger partial charge in [0.25, 0.3) is 5.91 Å². The Labute approximate surface area is 151 Å². The van der Waals surface area contributed by atoms with Crippen molar-refractivity contribution in [3.63, 3.8) is 0 Å². The van der Waals surface area contributed by atoms with Crippen molar-refractivity contribution in [2.45, 2.75) is 26.3 Å². The van der Waals surface area contributed by atoms with E-state index in [4.69, 9.17) is 4.74 Å². The molecule has 0 saturated carbocycles. The lowest BCUT2D eigenvalue weighted by atomic mass is 10.2. The molecule has 3 heterocycles. The summed E-state index contributed by atoms with van der Waals surface area (Å²) < 4.78 is 5.47. The van der Waals surface area contributed by atoms with Crippen LogP contribution in [0.2, 0.25) is 0 Å². The maximum Gasteiger partial charge on any atom is 0.261 e. The van der Waals surface area contributed by atoms with Crippen LogP contribution in [0.15, 0.2) is 23.6 Å². The predicted octanol–water partition coefficient (Wildman–Crippen LogP) is 3.48.